The first-order valence-corrected chi connectivity index (χ1v) is 13.1. The number of fused-ring (bicyclic) bond motifs is 5. The number of esters is 1. The molecule has 4 saturated carbocycles. The van der Waals surface area contributed by atoms with Crippen molar-refractivity contribution in [3.05, 3.63) is 0 Å². The summed E-state index contributed by atoms with van der Waals surface area (Å²) in [4.78, 5) is 11.6. The number of carbonyl (C=O) groups excluding carboxylic acids is 1. The number of rotatable bonds is 5. The molecular weight excluding hydrogens is 388 g/mol. The molecule has 0 bridgehead atoms. The van der Waals surface area contributed by atoms with Gasteiger partial charge < -0.3 is 14.9 Å². The third-order valence-corrected chi connectivity index (χ3v) is 11.0. The van der Waals surface area contributed by atoms with Gasteiger partial charge in [-0.15, -0.1) is 0 Å². The highest BCUT2D eigenvalue weighted by molar-refractivity contribution is 5.66. The molecule has 4 aliphatic rings. The van der Waals surface area contributed by atoms with Crippen LogP contribution < -0.4 is 0 Å². The van der Waals surface area contributed by atoms with Crippen LogP contribution in [0.1, 0.15) is 92.4 Å². The lowest BCUT2D eigenvalue weighted by Gasteiger charge is -2.64. The van der Waals surface area contributed by atoms with Gasteiger partial charge in [0, 0.05) is 13.5 Å². The van der Waals surface area contributed by atoms with Crippen molar-refractivity contribution < 1.29 is 19.7 Å². The predicted molar refractivity (Wildman–Crippen MR) is 122 cm³/mol. The summed E-state index contributed by atoms with van der Waals surface area (Å²) in [5.41, 5.74) is 0.546. The van der Waals surface area contributed by atoms with E-state index in [0.717, 1.165) is 32.1 Å². The molecular formula is C27H46O4. The first-order chi connectivity index (χ1) is 14.7. The van der Waals surface area contributed by atoms with Crippen LogP contribution in [0.15, 0.2) is 0 Å². The van der Waals surface area contributed by atoms with E-state index in [1.165, 1.54) is 32.6 Å². The molecule has 4 nitrogen and oxygen atoms in total. The minimum atomic E-state index is -0.235. The molecule has 4 heteroatoms. The van der Waals surface area contributed by atoms with Gasteiger partial charge >= 0.3 is 5.97 Å². The van der Waals surface area contributed by atoms with Crippen LogP contribution >= 0.6 is 0 Å². The smallest absolute Gasteiger partial charge is 0.302 e. The Morgan fingerprint density at radius 1 is 1.06 bits per heavy atom. The van der Waals surface area contributed by atoms with Gasteiger partial charge in [0.05, 0.1) is 6.10 Å². The van der Waals surface area contributed by atoms with E-state index >= 15 is 0 Å². The monoisotopic (exact) mass is 434 g/mol. The lowest BCUT2D eigenvalue weighted by Crippen LogP contribution is -2.62. The molecule has 0 saturated heterocycles. The van der Waals surface area contributed by atoms with Gasteiger partial charge in [0.2, 0.25) is 0 Å². The Kier molecular flexibility index (Phi) is 6.55. The summed E-state index contributed by atoms with van der Waals surface area (Å²) < 4.78 is 5.66. The third-order valence-electron chi connectivity index (χ3n) is 11.0. The Bertz CT molecular complexity index is 664. The van der Waals surface area contributed by atoms with Crippen LogP contribution in [0.5, 0.6) is 0 Å². The van der Waals surface area contributed by atoms with Gasteiger partial charge in [-0.2, -0.15) is 0 Å². The fourth-order valence-electron chi connectivity index (χ4n) is 9.66. The summed E-state index contributed by atoms with van der Waals surface area (Å²) in [5, 5.41) is 21.4. The lowest BCUT2D eigenvalue weighted by atomic mass is 9.41. The largest absolute Gasteiger partial charge is 0.463 e. The minimum Gasteiger partial charge on any atom is -0.463 e. The van der Waals surface area contributed by atoms with Gasteiger partial charge in [0.25, 0.3) is 0 Å². The van der Waals surface area contributed by atoms with Crippen molar-refractivity contribution >= 4 is 5.97 Å². The summed E-state index contributed by atoms with van der Waals surface area (Å²) in [6, 6.07) is 0. The maximum absolute atomic E-state index is 11.8. The quantitative estimate of drug-likeness (QED) is 0.584. The Labute approximate surface area is 189 Å². The molecule has 4 aliphatic carbocycles. The molecule has 11 atom stereocenters. The molecule has 0 radical (unpaired) electrons. The van der Waals surface area contributed by atoms with Gasteiger partial charge in [-0.25, -0.2) is 0 Å². The van der Waals surface area contributed by atoms with Gasteiger partial charge in [0.15, 0.2) is 0 Å². The zero-order chi connectivity index (χ0) is 22.6. The fraction of sp³-hybridized carbons (Fsp3) is 0.963. The molecule has 0 heterocycles. The van der Waals surface area contributed by atoms with E-state index in [-0.39, 0.29) is 30.2 Å². The van der Waals surface area contributed by atoms with Crippen LogP contribution in [-0.2, 0) is 9.53 Å². The van der Waals surface area contributed by atoms with Crippen LogP contribution in [0.4, 0.5) is 0 Å². The SMILES string of the molecule is CCC1C(O)C2C(CC[C@@]3(C)C2CC[C@@H]3[C@H](C)CCO)[C@@]2(C)CC[C@@H](OC(C)=O)CC12. The van der Waals surface area contributed by atoms with Crippen LogP contribution in [0.25, 0.3) is 0 Å². The standard InChI is InChI=1S/C27H46O4/c1-6-19-23-15-18(31-17(3)29)9-12-27(23,5)22-10-13-26(4)20(16(2)11-14-28)7-8-21(26)24(22)25(19)30/h16,18-25,28,30H,6-15H2,1-5H3/t16-,18-,19?,20-,21?,22?,23?,24?,25?,26-,27-/m1/s1. The second-order valence-corrected chi connectivity index (χ2v) is 12.2. The van der Waals surface area contributed by atoms with Crippen molar-refractivity contribution in [3.8, 4) is 0 Å². The van der Waals surface area contributed by atoms with Crippen LogP contribution in [-0.4, -0.2) is 35.0 Å². The normalized spacial score (nSPS) is 50.2. The van der Waals surface area contributed by atoms with Crippen molar-refractivity contribution in [2.24, 2.45) is 52.3 Å². The molecule has 6 unspecified atom stereocenters. The molecule has 0 amide bonds. The van der Waals surface area contributed by atoms with E-state index in [0.29, 0.717) is 46.8 Å². The summed E-state index contributed by atoms with van der Waals surface area (Å²) >= 11 is 0. The average molecular weight is 435 g/mol. The Morgan fingerprint density at radius 3 is 2.39 bits per heavy atom. The Hall–Kier alpha value is -0.610. The first kappa shape index (κ1) is 23.5. The second kappa shape index (κ2) is 8.63. The van der Waals surface area contributed by atoms with Crippen LogP contribution in [0.3, 0.4) is 0 Å². The topological polar surface area (TPSA) is 66.8 Å². The van der Waals surface area contributed by atoms with Gasteiger partial charge in [-0.05, 0) is 104 Å². The molecule has 0 aromatic heterocycles. The number of aliphatic hydroxyl groups excluding tert-OH is 2. The molecule has 0 aromatic rings. The fourth-order valence-corrected chi connectivity index (χ4v) is 9.66. The summed E-state index contributed by atoms with van der Waals surface area (Å²) in [6.07, 6.45) is 9.69. The number of hydrogen-bond acceptors (Lipinski definition) is 4. The van der Waals surface area contributed by atoms with Crippen molar-refractivity contribution in [1.82, 2.24) is 0 Å². The highest BCUT2D eigenvalue weighted by atomic mass is 16.5. The molecule has 178 valence electrons. The van der Waals surface area contributed by atoms with Crippen molar-refractivity contribution in [1.29, 1.82) is 0 Å². The van der Waals surface area contributed by atoms with Gasteiger partial charge in [0.1, 0.15) is 6.10 Å². The minimum absolute atomic E-state index is 0.0254. The van der Waals surface area contributed by atoms with Crippen molar-refractivity contribution in [2.75, 3.05) is 6.61 Å². The maximum atomic E-state index is 11.8. The highest BCUT2D eigenvalue weighted by Gasteiger charge is 2.65. The maximum Gasteiger partial charge on any atom is 0.302 e. The van der Waals surface area contributed by atoms with Gasteiger partial charge in [-0.3, -0.25) is 4.79 Å². The molecule has 0 spiro atoms. The Balaban J connectivity index is 1.62. The van der Waals surface area contributed by atoms with E-state index in [2.05, 4.69) is 27.7 Å². The lowest BCUT2D eigenvalue weighted by molar-refractivity contribution is -0.207. The van der Waals surface area contributed by atoms with E-state index in [1.807, 2.05) is 0 Å². The molecule has 0 aliphatic heterocycles. The second-order valence-electron chi connectivity index (χ2n) is 12.2. The highest BCUT2D eigenvalue weighted by Crippen LogP contribution is 2.69. The number of carbonyl (C=O) groups is 1. The van der Waals surface area contributed by atoms with E-state index < -0.39 is 0 Å². The third kappa shape index (κ3) is 3.68. The zero-order valence-corrected chi connectivity index (χ0v) is 20.5. The van der Waals surface area contributed by atoms with E-state index in [9.17, 15) is 15.0 Å². The van der Waals surface area contributed by atoms with E-state index in [4.69, 9.17) is 4.74 Å². The summed E-state index contributed by atoms with van der Waals surface area (Å²) in [7, 11) is 0. The summed E-state index contributed by atoms with van der Waals surface area (Å²) in [5.74, 6) is 3.40. The number of hydrogen-bond donors (Lipinski definition) is 2. The average Bonchev–Trinajstić information content (AvgIpc) is 3.06. The molecule has 4 rings (SSSR count). The first-order valence-electron chi connectivity index (χ1n) is 13.1. The molecule has 4 fully saturated rings. The van der Waals surface area contributed by atoms with Crippen LogP contribution in [0.2, 0.25) is 0 Å². The van der Waals surface area contributed by atoms with Crippen molar-refractivity contribution in [2.45, 2.75) is 105 Å². The van der Waals surface area contributed by atoms with E-state index in [1.54, 1.807) is 0 Å². The zero-order valence-electron chi connectivity index (χ0n) is 20.5. The van der Waals surface area contributed by atoms with Gasteiger partial charge in [-0.1, -0.05) is 34.1 Å². The Morgan fingerprint density at radius 2 is 1.74 bits per heavy atom. The van der Waals surface area contributed by atoms with Crippen LogP contribution in [0, 0.1) is 52.3 Å². The van der Waals surface area contributed by atoms with Crippen molar-refractivity contribution in [3.63, 3.8) is 0 Å². The summed E-state index contributed by atoms with van der Waals surface area (Å²) in [6.45, 7) is 11.4. The number of aliphatic hydroxyl groups is 2. The predicted octanol–water partition coefficient (Wildman–Crippen LogP) is 5.20. The molecule has 31 heavy (non-hydrogen) atoms. The molecule has 0 aromatic carbocycles. The molecule has 2 N–H and O–H groups in total. The number of ether oxygens (including phenoxy) is 1.